The molecule has 80 valence electrons. The highest BCUT2D eigenvalue weighted by molar-refractivity contribution is 9.10. The molecular weight excluding hydrogens is 256 g/mol. The lowest BCUT2D eigenvalue weighted by Crippen LogP contribution is -1.92. The maximum atomic E-state index is 10.6. The van der Waals surface area contributed by atoms with Crippen LogP contribution >= 0.6 is 15.9 Å². The third-order valence-corrected chi connectivity index (χ3v) is 3.00. The fraction of sp³-hybridized carbons (Fsp3) is 0.250. The van der Waals surface area contributed by atoms with E-state index in [4.69, 9.17) is 5.11 Å². The molecule has 0 radical (unpaired) electrons. The van der Waals surface area contributed by atoms with Gasteiger partial charge >= 0.3 is 5.97 Å². The molecule has 3 heteroatoms. The van der Waals surface area contributed by atoms with E-state index in [-0.39, 0.29) is 0 Å². The van der Waals surface area contributed by atoms with Gasteiger partial charge in [-0.2, -0.15) is 0 Å². The van der Waals surface area contributed by atoms with Gasteiger partial charge in [0.2, 0.25) is 0 Å². The van der Waals surface area contributed by atoms with Gasteiger partial charge in [0.05, 0.1) is 0 Å². The van der Waals surface area contributed by atoms with Crippen molar-refractivity contribution in [2.24, 2.45) is 0 Å². The number of carboxylic acid groups (broad SMARTS) is 1. The van der Waals surface area contributed by atoms with E-state index in [1.165, 1.54) is 11.6 Å². The molecule has 1 aromatic carbocycles. The molecule has 0 saturated heterocycles. The third-order valence-electron chi connectivity index (χ3n) is 2.35. The molecule has 0 aromatic heterocycles. The van der Waals surface area contributed by atoms with E-state index >= 15 is 0 Å². The molecule has 0 aliphatic rings. The molecule has 0 heterocycles. The smallest absolute Gasteiger partial charge is 0.328 e. The van der Waals surface area contributed by atoms with E-state index in [0.29, 0.717) is 0 Å². The van der Waals surface area contributed by atoms with Crippen LogP contribution in [0.3, 0.4) is 0 Å². The van der Waals surface area contributed by atoms with E-state index in [1.54, 1.807) is 6.92 Å². The first-order chi connectivity index (χ1) is 6.91. The summed E-state index contributed by atoms with van der Waals surface area (Å²) in [6.45, 7) is 5.84. The Morgan fingerprint density at radius 3 is 2.40 bits per heavy atom. The van der Waals surface area contributed by atoms with Crippen LogP contribution in [-0.4, -0.2) is 11.1 Å². The molecule has 1 rings (SSSR count). The van der Waals surface area contributed by atoms with Gasteiger partial charge in [0.15, 0.2) is 0 Å². The van der Waals surface area contributed by atoms with Crippen molar-refractivity contribution in [3.63, 3.8) is 0 Å². The van der Waals surface area contributed by atoms with Crippen LogP contribution in [0.4, 0.5) is 0 Å². The van der Waals surface area contributed by atoms with Crippen molar-refractivity contribution in [1.29, 1.82) is 0 Å². The molecule has 0 unspecified atom stereocenters. The lowest BCUT2D eigenvalue weighted by molar-refractivity contribution is -0.131. The SMILES string of the molecule is C/C(=C\C(=O)O)c1cc(C)c(C)cc1Br. The molecule has 1 N–H and O–H groups in total. The molecule has 0 amide bonds. The Morgan fingerprint density at radius 2 is 1.87 bits per heavy atom. The number of allylic oxidation sites excluding steroid dienone is 1. The number of aliphatic carboxylic acids is 1. The highest BCUT2D eigenvalue weighted by Gasteiger charge is 2.05. The summed E-state index contributed by atoms with van der Waals surface area (Å²) >= 11 is 3.44. The number of benzene rings is 1. The van der Waals surface area contributed by atoms with E-state index in [2.05, 4.69) is 15.9 Å². The summed E-state index contributed by atoms with van der Waals surface area (Å²) in [5.41, 5.74) is 4.03. The first kappa shape index (κ1) is 12.0. The van der Waals surface area contributed by atoms with Crippen LogP contribution in [-0.2, 0) is 4.79 Å². The topological polar surface area (TPSA) is 37.3 Å². The predicted molar refractivity (Wildman–Crippen MR) is 64.9 cm³/mol. The second-order valence-corrected chi connectivity index (χ2v) is 4.44. The Balaban J connectivity index is 3.26. The van der Waals surface area contributed by atoms with E-state index in [9.17, 15) is 4.79 Å². The Hall–Kier alpha value is -1.09. The molecule has 0 bridgehead atoms. The first-order valence-corrected chi connectivity index (χ1v) is 5.39. The number of rotatable bonds is 2. The van der Waals surface area contributed by atoms with Gasteiger partial charge in [-0.25, -0.2) is 4.79 Å². The summed E-state index contributed by atoms with van der Waals surface area (Å²) < 4.78 is 0.931. The van der Waals surface area contributed by atoms with Crippen LogP contribution in [0.25, 0.3) is 5.57 Å². The van der Waals surface area contributed by atoms with Crippen molar-refractivity contribution >= 4 is 27.5 Å². The van der Waals surface area contributed by atoms with Crippen molar-refractivity contribution in [2.75, 3.05) is 0 Å². The van der Waals surface area contributed by atoms with E-state index in [0.717, 1.165) is 21.2 Å². The van der Waals surface area contributed by atoms with Gasteiger partial charge in [-0.05, 0) is 49.1 Å². The molecule has 0 spiro atoms. The van der Waals surface area contributed by atoms with Crippen LogP contribution in [0.15, 0.2) is 22.7 Å². The molecule has 0 aliphatic carbocycles. The number of hydrogen-bond donors (Lipinski definition) is 1. The van der Waals surface area contributed by atoms with E-state index in [1.807, 2.05) is 26.0 Å². The number of halogens is 1. The first-order valence-electron chi connectivity index (χ1n) is 4.60. The molecule has 0 aliphatic heterocycles. The lowest BCUT2D eigenvalue weighted by Gasteiger charge is -2.08. The minimum Gasteiger partial charge on any atom is -0.478 e. The highest BCUT2D eigenvalue weighted by Crippen LogP contribution is 2.27. The molecule has 15 heavy (non-hydrogen) atoms. The summed E-state index contributed by atoms with van der Waals surface area (Å²) in [5, 5.41) is 8.67. The zero-order valence-corrected chi connectivity index (χ0v) is 10.6. The molecule has 0 atom stereocenters. The second kappa shape index (κ2) is 4.62. The van der Waals surface area contributed by atoms with Gasteiger partial charge in [0.25, 0.3) is 0 Å². The van der Waals surface area contributed by atoms with Crippen LogP contribution in [0.5, 0.6) is 0 Å². The van der Waals surface area contributed by atoms with Gasteiger partial charge < -0.3 is 5.11 Å². The zero-order chi connectivity index (χ0) is 11.6. The zero-order valence-electron chi connectivity index (χ0n) is 8.97. The quantitative estimate of drug-likeness (QED) is 0.833. The van der Waals surface area contributed by atoms with Crippen molar-refractivity contribution in [1.82, 2.24) is 0 Å². The van der Waals surface area contributed by atoms with Crippen molar-refractivity contribution in [2.45, 2.75) is 20.8 Å². The van der Waals surface area contributed by atoms with Crippen LogP contribution in [0.1, 0.15) is 23.6 Å². The minimum atomic E-state index is -0.919. The summed E-state index contributed by atoms with van der Waals surface area (Å²) in [4.78, 5) is 10.6. The number of aryl methyl sites for hydroxylation is 2. The van der Waals surface area contributed by atoms with E-state index < -0.39 is 5.97 Å². The number of hydrogen-bond acceptors (Lipinski definition) is 1. The summed E-state index contributed by atoms with van der Waals surface area (Å²) in [5.74, 6) is -0.919. The maximum Gasteiger partial charge on any atom is 0.328 e. The fourth-order valence-electron chi connectivity index (χ4n) is 1.35. The molecular formula is C12H13BrO2. The van der Waals surface area contributed by atoms with Crippen LogP contribution in [0, 0.1) is 13.8 Å². The van der Waals surface area contributed by atoms with Gasteiger partial charge in [-0.3, -0.25) is 0 Å². The van der Waals surface area contributed by atoms with Gasteiger partial charge in [0.1, 0.15) is 0 Å². The van der Waals surface area contributed by atoms with Gasteiger partial charge in [-0.15, -0.1) is 0 Å². The highest BCUT2D eigenvalue weighted by atomic mass is 79.9. The molecule has 0 saturated carbocycles. The monoisotopic (exact) mass is 268 g/mol. The largest absolute Gasteiger partial charge is 0.478 e. The summed E-state index contributed by atoms with van der Waals surface area (Å²) in [7, 11) is 0. The van der Waals surface area contributed by atoms with Crippen LogP contribution in [0.2, 0.25) is 0 Å². The maximum absolute atomic E-state index is 10.6. The van der Waals surface area contributed by atoms with Gasteiger partial charge in [-0.1, -0.05) is 22.0 Å². The molecule has 0 fully saturated rings. The van der Waals surface area contributed by atoms with Gasteiger partial charge in [0, 0.05) is 10.5 Å². The Bertz CT molecular complexity index is 433. The average Bonchev–Trinajstić information content (AvgIpc) is 2.09. The van der Waals surface area contributed by atoms with Crippen LogP contribution < -0.4 is 0 Å². The standard InChI is InChI=1S/C12H13BrO2/c1-7-4-10(9(3)6-12(14)15)11(13)5-8(7)2/h4-6H,1-3H3,(H,14,15)/b9-6+. The normalized spacial score (nSPS) is 11.6. The predicted octanol–water partition coefficient (Wildman–Crippen LogP) is 3.55. The Labute approximate surface area is 97.8 Å². The van der Waals surface area contributed by atoms with Crippen molar-refractivity contribution in [3.8, 4) is 0 Å². The number of carboxylic acids is 1. The average molecular weight is 269 g/mol. The lowest BCUT2D eigenvalue weighted by atomic mass is 10.0. The number of carbonyl (C=O) groups is 1. The summed E-state index contributed by atoms with van der Waals surface area (Å²) in [6, 6.07) is 4.00. The fourth-order valence-corrected chi connectivity index (χ4v) is 2.12. The minimum absolute atomic E-state index is 0.748. The molecule has 1 aromatic rings. The summed E-state index contributed by atoms with van der Waals surface area (Å²) in [6.07, 6.45) is 1.22. The third kappa shape index (κ3) is 2.93. The Morgan fingerprint density at radius 1 is 1.33 bits per heavy atom. The molecule has 2 nitrogen and oxygen atoms in total. The van der Waals surface area contributed by atoms with Crippen molar-refractivity contribution in [3.05, 3.63) is 39.4 Å². The Kier molecular flexibility index (Phi) is 3.69. The second-order valence-electron chi connectivity index (χ2n) is 3.58. The van der Waals surface area contributed by atoms with Crippen molar-refractivity contribution < 1.29 is 9.90 Å².